The SMILES string of the molecule is COC(=O)c1cccc(N(C)C)c1OCc1ccccc1. The average Bonchev–Trinajstić information content (AvgIpc) is 2.52. The van der Waals surface area contributed by atoms with Crippen molar-refractivity contribution in [1.29, 1.82) is 0 Å². The molecule has 2 aromatic carbocycles. The number of benzene rings is 2. The number of hydrogen-bond donors (Lipinski definition) is 0. The van der Waals surface area contributed by atoms with Crippen LogP contribution >= 0.6 is 0 Å². The van der Waals surface area contributed by atoms with Crippen LogP contribution in [0.15, 0.2) is 48.5 Å². The second kappa shape index (κ2) is 6.79. The molecule has 21 heavy (non-hydrogen) atoms. The van der Waals surface area contributed by atoms with Crippen molar-refractivity contribution in [2.45, 2.75) is 6.61 Å². The first-order chi connectivity index (χ1) is 10.1. The highest BCUT2D eigenvalue weighted by molar-refractivity contribution is 5.94. The Morgan fingerprint density at radius 1 is 1.05 bits per heavy atom. The smallest absolute Gasteiger partial charge is 0.341 e. The highest BCUT2D eigenvalue weighted by Crippen LogP contribution is 2.32. The van der Waals surface area contributed by atoms with Crippen LogP contribution in [0.4, 0.5) is 5.69 Å². The summed E-state index contributed by atoms with van der Waals surface area (Å²) in [7, 11) is 5.18. The lowest BCUT2D eigenvalue weighted by Gasteiger charge is -2.20. The van der Waals surface area contributed by atoms with Crippen molar-refractivity contribution in [2.24, 2.45) is 0 Å². The molecule has 0 unspecified atom stereocenters. The number of hydrogen-bond acceptors (Lipinski definition) is 4. The van der Waals surface area contributed by atoms with Gasteiger partial charge in [-0.15, -0.1) is 0 Å². The number of nitrogens with zero attached hydrogens (tertiary/aromatic N) is 1. The maximum atomic E-state index is 11.9. The predicted octanol–water partition coefficient (Wildman–Crippen LogP) is 3.12. The number of ether oxygens (including phenoxy) is 2. The van der Waals surface area contributed by atoms with Crippen LogP contribution in [-0.2, 0) is 11.3 Å². The Morgan fingerprint density at radius 2 is 1.76 bits per heavy atom. The third-order valence-electron chi connectivity index (χ3n) is 3.11. The summed E-state index contributed by atoms with van der Waals surface area (Å²) in [6.07, 6.45) is 0. The van der Waals surface area contributed by atoms with Gasteiger partial charge < -0.3 is 14.4 Å². The first-order valence-electron chi connectivity index (χ1n) is 6.69. The van der Waals surface area contributed by atoms with Crippen molar-refractivity contribution in [1.82, 2.24) is 0 Å². The van der Waals surface area contributed by atoms with Gasteiger partial charge in [-0.05, 0) is 17.7 Å². The van der Waals surface area contributed by atoms with Gasteiger partial charge in [0.05, 0.1) is 12.8 Å². The van der Waals surface area contributed by atoms with E-state index in [1.807, 2.05) is 61.5 Å². The molecule has 0 spiro atoms. The van der Waals surface area contributed by atoms with Gasteiger partial charge in [0, 0.05) is 14.1 Å². The van der Waals surface area contributed by atoms with E-state index in [1.54, 1.807) is 6.07 Å². The van der Waals surface area contributed by atoms with E-state index < -0.39 is 5.97 Å². The first kappa shape index (κ1) is 14.9. The summed E-state index contributed by atoms with van der Waals surface area (Å²) in [6.45, 7) is 0.398. The fraction of sp³-hybridized carbons (Fsp3) is 0.235. The molecular weight excluding hydrogens is 266 g/mol. The molecule has 110 valence electrons. The van der Waals surface area contributed by atoms with E-state index in [0.717, 1.165) is 11.3 Å². The van der Waals surface area contributed by atoms with Crippen LogP contribution in [0, 0.1) is 0 Å². The van der Waals surface area contributed by atoms with Crippen molar-refractivity contribution in [3.8, 4) is 5.75 Å². The highest BCUT2D eigenvalue weighted by Gasteiger charge is 2.18. The molecule has 0 bridgehead atoms. The lowest BCUT2D eigenvalue weighted by Crippen LogP contribution is -2.14. The van der Waals surface area contributed by atoms with E-state index in [2.05, 4.69) is 0 Å². The molecule has 2 rings (SSSR count). The van der Waals surface area contributed by atoms with Gasteiger partial charge in [-0.3, -0.25) is 0 Å². The van der Waals surface area contributed by atoms with Gasteiger partial charge >= 0.3 is 5.97 Å². The maximum Gasteiger partial charge on any atom is 0.341 e. The van der Waals surface area contributed by atoms with Crippen molar-refractivity contribution in [3.05, 3.63) is 59.7 Å². The fourth-order valence-electron chi connectivity index (χ4n) is 2.03. The maximum absolute atomic E-state index is 11.9. The number of methoxy groups -OCH3 is 1. The van der Waals surface area contributed by atoms with Gasteiger partial charge in [0.2, 0.25) is 0 Å². The highest BCUT2D eigenvalue weighted by atomic mass is 16.5. The molecule has 0 aliphatic heterocycles. The summed E-state index contributed by atoms with van der Waals surface area (Å²) in [5, 5.41) is 0. The molecule has 0 aliphatic carbocycles. The minimum atomic E-state index is -0.401. The third-order valence-corrected chi connectivity index (χ3v) is 3.11. The molecule has 0 atom stereocenters. The summed E-state index contributed by atoms with van der Waals surface area (Å²) in [4.78, 5) is 13.8. The van der Waals surface area contributed by atoms with Gasteiger partial charge in [-0.1, -0.05) is 36.4 Å². The van der Waals surface area contributed by atoms with Crippen LogP contribution in [0.3, 0.4) is 0 Å². The van der Waals surface area contributed by atoms with Gasteiger partial charge in [-0.2, -0.15) is 0 Å². The first-order valence-corrected chi connectivity index (χ1v) is 6.69. The van der Waals surface area contributed by atoms with Crippen LogP contribution < -0.4 is 9.64 Å². The summed E-state index contributed by atoms with van der Waals surface area (Å²) < 4.78 is 10.7. The van der Waals surface area contributed by atoms with Gasteiger partial charge in [-0.25, -0.2) is 4.79 Å². The lowest BCUT2D eigenvalue weighted by atomic mass is 10.1. The minimum absolute atomic E-state index is 0.398. The largest absolute Gasteiger partial charge is 0.486 e. The Labute approximate surface area is 124 Å². The molecule has 0 aliphatic rings. The Bertz CT molecular complexity index is 609. The van der Waals surface area contributed by atoms with Crippen molar-refractivity contribution in [2.75, 3.05) is 26.1 Å². The minimum Gasteiger partial charge on any atom is -0.486 e. The Kier molecular flexibility index (Phi) is 4.82. The van der Waals surface area contributed by atoms with E-state index >= 15 is 0 Å². The van der Waals surface area contributed by atoms with E-state index in [-0.39, 0.29) is 0 Å². The molecule has 0 fully saturated rings. The number of anilines is 1. The fourth-order valence-corrected chi connectivity index (χ4v) is 2.03. The van der Waals surface area contributed by atoms with Crippen LogP contribution in [0.25, 0.3) is 0 Å². The molecule has 0 amide bonds. The third kappa shape index (κ3) is 3.54. The quantitative estimate of drug-likeness (QED) is 0.791. The van der Waals surface area contributed by atoms with Gasteiger partial charge in [0.1, 0.15) is 12.2 Å². The summed E-state index contributed by atoms with van der Waals surface area (Å²) >= 11 is 0. The number of carbonyl (C=O) groups excluding carboxylic acids is 1. The van der Waals surface area contributed by atoms with Crippen LogP contribution in [0.5, 0.6) is 5.75 Å². The molecule has 2 aromatic rings. The zero-order chi connectivity index (χ0) is 15.2. The molecule has 0 radical (unpaired) electrons. The van der Waals surface area contributed by atoms with Crippen molar-refractivity contribution < 1.29 is 14.3 Å². The molecule has 0 N–H and O–H groups in total. The molecular formula is C17H19NO3. The molecule has 0 saturated carbocycles. The van der Waals surface area contributed by atoms with E-state index in [4.69, 9.17) is 9.47 Å². The average molecular weight is 285 g/mol. The van der Waals surface area contributed by atoms with Crippen molar-refractivity contribution in [3.63, 3.8) is 0 Å². The Hall–Kier alpha value is -2.49. The number of para-hydroxylation sites is 1. The number of esters is 1. The number of rotatable bonds is 5. The van der Waals surface area contributed by atoms with Gasteiger partial charge in [0.15, 0.2) is 5.75 Å². The molecule has 4 nitrogen and oxygen atoms in total. The van der Waals surface area contributed by atoms with E-state index in [9.17, 15) is 4.79 Å². The second-order valence-corrected chi connectivity index (χ2v) is 4.81. The summed E-state index contributed by atoms with van der Waals surface area (Å²) in [5.41, 5.74) is 2.32. The lowest BCUT2D eigenvalue weighted by molar-refractivity contribution is 0.0595. The predicted molar refractivity (Wildman–Crippen MR) is 82.9 cm³/mol. The summed E-state index contributed by atoms with van der Waals surface area (Å²) in [6, 6.07) is 15.3. The Balaban J connectivity index is 2.32. The molecule has 0 saturated heterocycles. The van der Waals surface area contributed by atoms with E-state index in [0.29, 0.717) is 17.9 Å². The standard InChI is InChI=1S/C17H19NO3/c1-18(2)15-11-7-10-14(17(19)20-3)16(15)21-12-13-8-5-4-6-9-13/h4-11H,12H2,1-3H3. The monoisotopic (exact) mass is 285 g/mol. The van der Waals surface area contributed by atoms with Gasteiger partial charge in [0.25, 0.3) is 0 Å². The molecule has 0 aromatic heterocycles. The second-order valence-electron chi connectivity index (χ2n) is 4.81. The van der Waals surface area contributed by atoms with E-state index in [1.165, 1.54) is 7.11 Å². The normalized spacial score (nSPS) is 10.0. The number of carbonyl (C=O) groups is 1. The molecule has 4 heteroatoms. The topological polar surface area (TPSA) is 38.8 Å². The zero-order valence-electron chi connectivity index (χ0n) is 12.5. The van der Waals surface area contributed by atoms with Crippen LogP contribution in [0.1, 0.15) is 15.9 Å². The molecule has 0 heterocycles. The van der Waals surface area contributed by atoms with Crippen LogP contribution in [0.2, 0.25) is 0 Å². The zero-order valence-corrected chi connectivity index (χ0v) is 12.5. The van der Waals surface area contributed by atoms with Crippen LogP contribution in [-0.4, -0.2) is 27.2 Å². The van der Waals surface area contributed by atoms with Crippen molar-refractivity contribution >= 4 is 11.7 Å². The summed E-state index contributed by atoms with van der Waals surface area (Å²) in [5.74, 6) is 0.139. The Morgan fingerprint density at radius 3 is 2.38 bits per heavy atom.